The van der Waals surface area contributed by atoms with Gasteiger partial charge in [0.1, 0.15) is 11.9 Å². The largest absolute Gasteiger partial charge is 0.410 e. The highest BCUT2D eigenvalue weighted by Crippen LogP contribution is 2.31. The van der Waals surface area contributed by atoms with Gasteiger partial charge in [-0.1, -0.05) is 31.7 Å². The number of halogens is 4. The highest BCUT2D eigenvalue weighted by Gasteiger charge is 2.48. The molecule has 3 atom stereocenters. The maximum atomic E-state index is 14.6. The molecule has 1 heterocycles. The third kappa shape index (κ3) is 5.47. The van der Waals surface area contributed by atoms with Crippen molar-refractivity contribution in [2.24, 2.45) is 11.7 Å². The number of hydrogen-bond donors (Lipinski definition) is 3. The minimum atomic E-state index is -4.56. The van der Waals surface area contributed by atoms with Crippen LogP contribution in [-0.4, -0.2) is 41.6 Å². The van der Waals surface area contributed by atoms with Crippen LogP contribution in [0.5, 0.6) is 0 Å². The maximum absolute atomic E-state index is 14.6. The molecule has 1 unspecified atom stereocenters. The summed E-state index contributed by atoms with van der Waals surface area (Å²) >= 11 is 0. The Morgan fingerprint density at radius 2 is 1.87 bits per heavy atom. The molecule has 2 fully saturated rings. The van der Waals surface area contributed by atoms with E-state index in [2.05, 4.69) is 5.32 Å². The van der Waals surface area contributed by atoms with E-state index in [4.69, 9.17) is 5.73 Å². The van der Waals surface area contributed by atoms with Crippen LogP contribution in [-0.2, 0) is 4.79 Å². The summed E-state index contributed by atoms with van der Waals surface area (Å²) in [7, 11) is 0. The van der Waals surface area contributed by atoms with E-state index in [9.17, 15) is 27.2 Å². The zero-order chi connectivity index (χ0) is 22.8. The Hall–Kier alpha value is -2.36. The molecule has 1 aromatic carbocycles. The van der Waals surface area contributed by atoms with Crippen LogP contribution in [0, 0.1) is 11.7 Å². The number of nitrogens with zero attached hydrogens (tertiary/aromatic N) is 1. The predicted octanol–water partition coefficient (Wildman–Crippen LogP) is 4.08. The van der Waals surface area contributed by atoms with Crippen LogP contribution in [0.1, 0.15) is 57.1 Å². The molecule has 31 heavy (non-hydrogen) atoms. The number of rotatable bonds is 5. The van der Waals surface area contributed by atoms with Crippen molar-refractivity contribution >= 4 is 17.6 Å². The van der Waals surface area contributed by atoms with Crippen LogP contribution in [0.3, 0.4) is 0 Å². The number of amides is 3. The Morgan fingerprint density at radius 3 is 2.42 bits per heavy atom. The van der Waals surface area contributed by atoms with Crippen LogP contribution in [0.15, 0.2) is 18.2 Å². The van der Waals surface area contributed by atoms with E-state index in [1.807, 2.05) is 5.32 Å². The van der Waals surface area contributed by atoms with E-state index in [0.29, 0.717) is 5.56 Å². The highest BCUT2D eigenvalue weighted by molar-refractivity contribution is 5.95. The van der Waals surface area contributed by atoms with E-state index in [-0.39, 0.29) is 11.6 Å². The first-order chi connectivity index (χ1) is 14.6. The molecule has 1 saturated heterocycles. The third-order valence-electron chi connectivity index (χ3n) is 6.24. The minimum absolute atomic E-state index is 0.0518. The van der Waals surface area contributed by atoms with Crippen LogP contribution in [0.25, 0.3) is 0 Å². The van der Waals surface area contributed by atoms with Crippen molar-refractivity contribution in [3.8, 4) is 0 Å². The van der Waals surface area contributed by atoms with Gasteiger partial charge in [-0.15, -0.1) is 0 Å². The van der Waals surface area contributed by atoms with Crippen LogP contribution in [0.4, 0.5) is 28.0 Å². The Kier molecular flexibility index (Phi) is 7.08. The number of nitrogens with two attached hydrogens (primary N) is 1. The van der Waals surface area contributed by atoms with Gasteiger partial charge in [0.2, 0.25) is 5.91 Å². The summed E-state index contributed by atoms with van der Waals surface area (Å²) < 4.78 is 53.3. The fourth-order valence-electron chi connectivity index (χ4n) is 4.25. The molecule has 0 spiro atoms. The summed E-state index contributed by atoms with van der Waals surface area (Å²) in [6.45, 7) is 0.965. The Morgan fingerprint density at radius 1 is 1.23 bits per heavy atom. The Bertz CT molecular complexity index is 809. The van der Waals surface area contributed by atoms with Gasteiger partial charge in [0.05, 0.1) is 24.3 Å². The van der Waals surface area contributed by atoms with Gasteiger partial charge in [-0.3, -0.25) is 4.79 Å². The van der Waals surface area contributed by atoms with Crippen molar-refractivity contribution in [3.63, 3.8) is 0 Å². The average Bonchev–Trinajstić information content (AvgIpc) is 2.93. The number of urea groups is 1. The van der Waals surface area contributed by atoms with Gasteiger partial charge in [0, 0.05) is 0 Å². The SMILES string of the molecule is C[C@H](c1ccc(NC(=O)C(N)C2CCCCCC2)c(F)c1)N1C[C@@H](C(F)(F)F)NC1=O. The Balaban J connectivity index is 1.65. The van der Waals surface area contributed by atoms with E-state index in [0.717, 1.165) is 49.5 Å². The van der Waals surface area contributed by atoms with E-state index >= 15 is 0 Å². The lowest BCUT2D eigenvalue weighted by molar-refractivity contribution is -0.150. The first-order valence-corrected chi connectivity index (χ1v) is 10.6. The lowest BCUT2D eigenvalue weighted by Crippen LogP contribution is -2.42. The minimum Gasteiger partial charge on any atom is -0.324 e. The normalized spacial score (nSPS) is 22.6. The molecule has 6 nitrogen and oxygen atoms in total. The van der Waals surface area contributed by atoms with Gasteiger partial charge < -0.3 is 21.3 Å². The molecule has 3 rings (SSSR count). The number of nitrogens with one attached hydrogen (secondary N) is 2. The molecule has 1 aliphatic heterocycles. The highest BCUT2D eigenvalue weighted by atomic mass is 19.4. The number of carbonyl (C=O) groups is 2. The second kappa shape index (κ2) is 9.42. The first-order valence-electron chi connectivity index (χ1n) is 10.6. The van der Waals surface area contributed by atoms with Gasteiger partial charge >= 0.3 is 12.2 Å². The van der Waals surface area contributed by atoms with Gasteiger partial charge in [0.25, 0.3) is 0 Å². The molecular formula is C21H28F4N4O2. The monoisotopic (exact) mass is 444 g/mol. The molecule has 10 heteroatoms. The Labute approximate surface area is 178 Å². The number of anilines is 1. The molecule has 4 N–H and O–H groups in total. The van der Waals surface area contributed by atoms with Crippen LogP contribution < -0.4 is 16.4 Å². The van der Waals surface area contributed by atoms with E-state index < -0.39 is 48.6 Å². The summed E-state index contributed by atoms with van der Waals surface area (Å²) in [4.78, 5) is 25.5. The maximum Gasteiger partial charge on any atom is 0.410 e. The number of hydrogen-bond acceptors (Lipinski definition) is 3. The molecular weight excluding hydrogens is 416 g/mol. The fourth-order valence-corrected chi connectivity index (χ4v) is 4.25. The molecule has 0 aromatic heterocycles. The topological polar surface area (TPSA) is 87.5 Å². The zero-order valence-corrected chi connectivity index (χ0v) is 17.3. The lowest BCUT2D eigenvalue weighted by atomic mass is 9.92. The second-order valence-electron chi connectivity index (χ2n) is 8.38. The molecule has 1 aliphatic carbocycles. The number of benzene rings is 1. The molecule has 1 saturated carbocycles. The molecule has 0 bridgehead atoms. The van der Waals surface area contributed by atoms with Crippen molar-refractivity contribution in [1.29, 1.82) is 0 Å². The number of alkyl halides is 3. The molecule has 1 aromatic rings. The standard InChI is InChI=1S/C21H28F4N4O2/c1-12(29-11-17(21(23,24)25)28-20(29)31)14-8-9-16(15(22)10-14)27-19(30)18(26)13-6-4-2-3-5-7-13/h8-10,12-13,17-18H,2-7,11,26H2,1H3,(H,27,30)(H,28,31)/t12-,17+,18?/m1/s1. The van der Waals surface area contributed by atoms with Crippen molar-refractivity contribution < 1.29 is 27.2 Å². The first kappa shape index (κ1) is 23.3. The predicted molar refractivity (Wildman–Crippen MR) is 108 cm³/mol. The summed E-state index contributed by atoms with van der Waals surface area (Å²) in [6, 6.07) is -0.393. The van der Waals surface area contributed by atoms with Gasteiger partial charge in [-0.25, -0.2) is 9.18 Å². The van der Waals surface area contributed by atoms with Crippen molar-refractivity contribution in [2.45, 2.75) is 69.8 Å². The summed E-state index contributed by atoms with van der Waals surface area (Å²) in [5.41, 5.74) is 6.38. The van der Waals surface area contributed by atoms with Crippen molar-refractivity contribution in [1.82, 2.24) is 10.2 Å². The van der Waals surface area contributed by atoms with Gasteiger partial charge in [0.15, 0.2) is 0 Å². The van der Waals surface area contributed by atoms with Crippen molar-refractivity contribution in [3.05, 3.63) is 29.6 Å². The van der Waals surface area contributed by atoms with E-state index in [1.54, 1.807) is 0 Å². The van der Waals surface area contributed by atoms with Crippen LogP contribution in [0.2, 0.25) is 0 Å². The van der Waals surface area contributed by atoms with E-state index in [1.165, 1.54) is 19.1 Å². The molecule has 2 aliphatic rings. The zero-order valence-electron chi connectivity index (χ0n) is 17.3. The quantitative estimate of drug-likeness (QED) is 0.472. The summed E-state index contributed by atoms with van der Waals surface area (Å²) in [6.07, 6.45) is 1.46. The summed E-state index contributed by atoms with van der Waals surface area (Å²) in [5.74, 6) is -1.14. The van der Waals surface area contributed by atoms with Gasteiger partial charge in [-0.2, -0.15) is 13.2 Å². The summed E-state index contributed by atoms with van der Waals surface area (Å²) in [5, 5.41) is 4.41. The second-order valence-corrected chi connectivity index (χ2v) is 8.38. The average molecular weight is 444 g/mol. The van der Waals surface area contributed by atoms with Crippen molar-refractivity contribution in [2.75, 3.05) is 11.9 Å². The smallest absolute Gasteiger partial charge is 0.324 e. The van der Waals surface area contributed by atoms with Gasteiger partial charge in [-0.05, 0) is 43.4 Å². The third-order valence-corrected chi connectivity index (χ3v) is 6.24. The fraction of sp³-hybridized carbons (Fsp3) is 0.619. The molecule has 172 valence electrons. The lowest BCUT2D eigenvalue weighted by Gasteiger charge is -2.25. The number of carbonyl (C=O) groups excluding carboxylic acids is 2. The van der Waals surface area contributed by atoms with Crippen LogP contribution >= 0.6 is 0 Å². The molecule has 0 radical (unpaired) electrons. The molecule has 3 amide bonds.